The molecule has 1 atom stereocenters. The molecule has 0 saturated heterocycles. The zero-order valence-electron chi connectivity index (χ0n) is 17.8. The van der Waals surface area contributed by atoms with Crippen LogP contribution in [0, 0.1) is 6.92 Å². The Morgan fingerprint density at radius 2 is 1.59 bits per heavy atom. The van der Waals surface area contributed by atoms with Gasteiger partial charge in [0, 0.05) is 36.4 Å². The molecule has 4 heteroatoms. The van der Waals surface area contributed by atoms with Crippen LogP contribution in [0.5, 0.6) is 0 Å². The lowest BCUT2D eigenvalue weighted by Crippen LogP contribution is -2.25. The molecule has 0 aliphatic heterocycles. The maximum atomic E-state index is 12.7. The second-order valence-corrected chi connectivity index (χ2v) is 7.77. The van der Waals surface area contributed by atoms with Gasteiger partial charge in [-0.25, -0.2) is 0 Å². The highest BCUT2D eigenvalue weighted by Gasteiger charge is 2.16. The number of rotatable bonds is 6. The fraction of sp³-hybridized carbons (Fsp3) is 0.280. The molecule has 2 aromatic carbocycles. The van der Waals surface area contributed by atoms with Crippen LogP contribution in [0.4, 0.5) is 11.4 Å². The van der Waals surface area contributed by atoms with E-state index in [1.54, 1.807) is 0 Å². The summed E-state index contributed by atoms with van der Waals surface area (Å²) in [6.07, 6.45) is 1.81. The number of carbonyl (C=O) groups is 1. The molecule has 0 aliphatic carbocycles. The average Bonchev–Trinajstić information content (AvgIpc) is 2.73. The zero-order chi connectivity index (χ0) is 21.0. The van der Waals surface area contributed by atoms with Crippen LogP contribution in [-0.4, -0.2) is 24.0 Å². The summed E-state index contributed by atoms with van der Waals surface area (Å²) in [5.74, 6) is -0.238. The van der Waals surface area contributed by atoms with Crippen molar-refractivity contribution >= 4 is 17.3 Å². The van der Waals surface area contributed by atoms with Gasteiger partial charge >= 0.3 is 0 Å². The molecule has 1 amide bonds. The third-order valence-corrected chi connectivity index (χ3v) is 5.35. The van der Waals surface area contributed by atoms with Crippen molar-refractivity contribution in [2.45, 2.75) is 39.7 Å². The Hall–Kier alpha value is -3.14. The lowest BCUT2D eigenvalue weighted by Gasteiger charge is -2.24. The summed E-state index contributed by atoms with van der Waals surface area (Å²) >= 11 is 0. The third kappa shape index (κ3) is 5.02. The largest absolute Gasteiger partial charge is 0.372 e. The molecule has 150 valence electrons. The molecule has 0 fully saturated rings. The van der Waals surface area contributed by atoms with Gasteiger partial charge in [0.15, 0.2) is 0 Å². The minimum absolute atomic E-state index is 0.0116. The van der Waals surface area contributed by atoms with Gasteiger partial charge in [0.25, 0.3) is 0 Å². The molecule has 1 heterocycles. The minimum Gasteiger partial charge on any atom is -0.372 e. The molecular formula is C25H29N3O. The molecule has 3 rings (SSSR count). The zero-order valence-corrected chi connectivity index (χ0v) is 17.8. The number of hydrogen-bond acceptors (Lipinski definition) is 3. The standard InChI is InChI=1S/C25H29N3O/c1-17(2)28(5)24-12-8-20(9-13-24)19(4)25(29)27-23-10-6-21(7-11-23)22-14-15-26-18(3)16-22/h6-17,19H,1-5H3,(H,27,29). The smallest absolute Gasteiger partial charge is 0.231 e. The van der Waals surface area contributed by atoms with Gasteiger partial charge in [-0.05, 0) is 80.8 Å². The molecule has 0 radical (unpaired) electrons. The number of benzene rings is 2. The van der Waals surface area contributed by atoms with Gasteiger partial charge in [-0.1, -0.05) is 24.3 Å². The number of aromatic nitrogens is 1. The minimum atomic E-state index is -0.226. The number of hydrogen-bond donors (Lipinski definition) is 1. The fourth-order valence-corrected chi connectivity index (χ4v) is 3.17. The van der Waals surface area contributed by atoms with E-state index in [1.165, 1.54) is 0 Å². The van der Waals surface area contributed by atoms with E-state index in [0.29, 0.717) is 6.04 Å². The van der Waals surface area contributed by atoms with Crippen molar-refractivity contribution in [3.63, 3.8) is 0 Å². The van der Waals surface area contributed by atoms with Gasteiger partial charge < -0.3 is 10.2 Å². The third-order valence-electron chi connectivity index (χ3n) is 5.35. The van der Waals surface area contributed by atoms with Crippen molar-refractivity contribution in [2.75, 3.05) is 17.3 Å². The lowest BCUT2D eigenvalue weighted by molar-refractivity contribution is -0.117. The molecule has 1 N–H and O–H groups in total. The number of pyridine rings is 1. The van der Waals surface area contributed by atoms with E-state index in [2.05, 4.69) is 54.3 Å². The van der Waals surface area contributed by atoms with Crippen molar-refractivity contribution < 1.29 is 4.79 Å². The van der Waals surface area contributed by atoms with Gasteiger partial charge in [0.05, 0.1) is 5.92 Å². The predicted molar refractivity (Wildman–Crippen MR) is 121 cm³/mol. The molecule has 0 spiro atoms. The van der Waals surface area contributed by atoms with Crippen molar-refractivity contribution in [1.82, 2.24) is 4.98 Å². The van der Waals surface area contributed by atoms with Crippen LogP contribution in [0.1, 0.15) is 37.9 Å². The summed E-state index contributed by atoms with van der Waals surface area (Å²) in [5.41, 5.74) is 6.17. The number of anilines is 2. The molecule has 3 aromatic rings. The van der Waals surface area contributed by atoms with E-state index in [0.717, 1.165) is 33.8 Å². The summed E-state index contributed by atoms with van der Waals surface area (Å²) < 4.78 is 0. The van der Waals surface area contributed by atoms with Crippen LogP contribution in [-0.2, 0) is 4.79 Å². The highest BCUT2D eigenvalue weighted by Crippen LogP contribution is 2.24. The first-order valence-electron chi connectivity index (χ1n) is 10.0. The van der Waals surface area contributed by atoms with Crippen molar-refractivity contribution in [2.24, 2.45) is 0 Å². The second kappa shape index (κ2) is 8.91. The maximum Gasteiger partial charge on any atom is 0.231 e. The average molecular weight is 388 g/mol. The Balaban J connectivity index is 1.66. The van der Waals surface area contributed by atoms with Crippen LogP contribution >= 0.6 is 0 Å². The Morgan fingerprint density at radius 1 is 0.931 bits per heavy atom. The van der Waals surface area contributed by atoms with E-state index in [4.69, 9.17) is 0 Å². The first kappa shape index (κ1) is 20.6. The molecule has 1 unspecified atom stereocenters. The van der Waals surface area contributed by atoms with Crippen molar-refractivity contribution in [3.8, 4) is 11.1 Å². The summed E-state index contributed by atoms with van der Waals surface area (Å²) in [5, 5.41) is 3.02. The number of aryl methyl sites for hydroxylation is 1. The van der Waals surface area contributed by atoms with E-state index >= 15 is 0 Å². The molecular weight excluding hydrogens is 358 g/mol. The van der Waals surface area contributed by atoms with Gasteiger partial charge in [0.2, 0.25) is 5.91 Å². The Bertz CT molecular complexity index is 962. The fourth-order valence-electron chi connectivity index (χ4n) is 3.17. The van der Waals surface area contributed by atoms with Crippen LogP contribution in [0.25, 0.3) is 11.1 Å². The van der Waals surface area contributed by atoms with Gasteiger partial charge in [-0.3, -0.25) is 9.78 Å². The Labute approximate surface area is 173 Å². The summed E-state index contributed by atoms with van der Waals surface area (Å²) in [6, 6.07) is 20.6. The lowest BCUT2D eigenvalue weighted by atomic mass is 9.99. The number of nitrogens with one attached hydrogen (secondary N) is 1. The maximum absolute atomic E-state index is 12.7. The quantitative estimate of drug-likeness (QED) is 0.595. The Kier molecular flexibility index (Phi) is 6.32. The van der Waals surface area contributed by atoms with E-state index in [-0.39, 0.29) is 11.8 Å². The molecule has 1 aromatic heterocycles. The summed E-state index contributed by atoms with van der Waals surface area (Å²) in [7, 11) is 2.08. The second-order valence-electron chi connectivity index (χ2n) is 7.77. The predicted octanol–water partition coefficient (Wildman–Crippen LogP) is 5.64. The van der Waals surface area contributed by atoms with Crippen LogP contribution in [0.3, 0.4) is 0 Å². The van der Waals surface area contributed by atoms with Crippen molar-refractivity contribution in [1.29, 1.82) is 0 Å². The van der Waals surface area contributed by atoms with Gasteiger partial charge in [-0.15, -0.1) is 0 Å². The molecule has 0 aliphatic rings. The number of amides is 1. The van der Waals surface area contributed by atoms with E-state index in [9.17, 15) is 4.79 Å². The van der Waals surface area contributed by atoms with Crippen LogP contribution in [0.2, 0.25) is 0 Å². The normalized spacial score (nSPS) is 11.9. The summed E-state index contributed by atoms with van der Waals surface area (Å²) in [6.45, 7) is 8.23. The number of nitrogens with zero attached hydrogens (tertiary/aromatic N) is 2. The van der Waals surface area contributed by atoms with Crippen molar-refractivity contribution in [3.05, 3.63) is 78.1 Å². The first-order valence-corrected chi connectivity index (χ1v) is 10.0. The highest BCUT2D eigenvalue weighted by molar-refractivity contribution is 5.95. The highest BCUT2D eigenvalue weighted by atomic mass is 16.1. The monoisotopic (exact) mass is 387 g/mol. The van der Waals surface area contributed by atoms with Gasteiger partial charge in [0.1, 0.15) is 0 Å². The first-order chi connectivity index (χ1) is 13.8. The Morgan fingerprint density at radius 3 is 2.17 bits per heavy atom. The molecule has 29 heavy (non-hydrogen) atoms. The number of carbonyl (C=O) groups excluding carboxylic acids is 1. The van der Waals surface area contributed by atoms with E-state index < -0.39 is 0 Å². The van der Waals surface area contributed by atoms with Crippen LogP contribution < -0.4 is 10.2 Å². The molecule has 0 bridgehead atoms. The SMILES string of the molecule is Cc1cc(-c2ccc(NC(=O)C(C)c3ccc(N(C)C(C)C)cc3)cc2)ccn1. The topological polar surface area (TPSA) is 45.2 Å². The summed E-state index contributed by atoms with van der Waals surface area (Å²) in [4.78, 5) is 19.2. The van der Waals surface area contributed by atoms with Crippen LogP contribution in [0.15, 0.2) is 66.9 Å². The molecule has 0 saturated carbocycles. The van der Waals surface area contributed by atoms with Gasteiger partial charge in [-0.2, -0.15) is 0 Å². The molecule has 4 nitrogen and oxygen atoms in total. The van der Waals surface area contributed by atoms with E-state index in [1.807, 2.05) is 62.5 Å².